The Bertz CT molecular complexity index is 284. The highest BCUT2D eigenvalue weighted by Gasteiger charge is 2.04. The van der Waals surface area contributed by atoms with Gasteiger partial charge in [-0.15, -0.1) is 11.8 Å². The van der Waals surface area contributed by atoms with Crippen LogP contribution in [0.1, 0.15) is 26.7 Å². The van der Waals surface area contributed by atoms with Crippen molar-refractivity contribution in [2.24, 2.45) is 0 Å². The average molecular weight is 215 g/mol. The number of halogens is 1. The minimum atomic E-state index is 0.902. The normalized spacial score (nSPS) is 19.1. The Labute approximate surface area is 89.7 Å². The number of rotatable bonds is 1. The van der Waals surface area contributed by atoms with E-state index in [0.29, 0.717) is 0 Å². The third kappa shape index (κ3) is 2.92. The zero-order valence-corrected chi connectivity index (χ0v) is 9.93. The second kappa shape index (κ2) is 4.92. The Balaban J connectivity index is 2.96. The monoisotopic (exact) mass is 214 g/mol. The molecule has 0 atom stereocenters. The fourth-order valence-electron chi connectivity index (χ4n) is 1.29. The lowest BCUT2D eigenvalue weighted by Crippen LogP contribution is -1.89. The van der Waals surface area contributed by atoms with Gasteiger partial charge in [0.2, 0.25) is 0 Å². The van der Waals surface area contributed by atoms with E-state index < -0.39 is 0 Å². The van der Waals surface area contributed by atoms with Crippen molar-refractivity contribution in [3.05, 3.63) is 33.2 Å². The molecular formula is C11H15ClS. The minimum Gasteiger partial charge on any atom is -0.130 e. The summed E-state index contributed by atoms with van der Waals surface area (Å²) in [4.78, 5) is 1.35. The molecule has 0 fully saturated rings. The summed E-state index contributed by atoms with van der Waals surface area (Å²) in [6.45, 7) is 4.30. The summed E-state index contributed by atoms with van der Waals surface area (Å²) in [5, 5.41) is 0.902. The second-order valence-electron chi connectivity index (χ2n) is 3.31. The number of hydrogen-bond donors (Lipinski definition) is 0. The van der Waals surface area contributed by atoms with Crippen LogP contribution >= 0.6 is 23.4 Å². The highest BCUT2D eigenvalue weighted by molar-refractivity contribution is 8.02. The second-order valence-corrected chi connectivity index (χ2v) is 4.57. The minimum absolute atomic E-state index is 0.902. The molecule has 0 radical (unpaired) electrons. The van der Waals surface area contributed by atoms with Gasteiger partial charge in [0.15, 0.2) is 0 Å². The molecule has 2 heteroatoms. The molecule has 0 N–H and O–H groups in total. The van der Waals surface area contributed by atoms with Crippen LogP contribution in [-0.2, 0) is 0 Å². The predicted octanol–water partition coefficient (Wildman–Crippen LogP) is 4.49. The molecule has 0 aromatic rings. The molecular weight excluding hydrogens is 200 g/mol. The first-order valence-corrected chi connectivity index (χ1v) is 6.02. The van der Waals surface area contributed by atoms with Crippen LogP contribution in [0, 0.1) is 0 Å². The van der Waals surface area contributed by atoms with Crippen molar-refractivity contribution in [1.29, 1.82) is 0 Å². The van der Waals surface area contributed by atoms with Crippen LogP contribution < -0.4 is 0 Å². The molecule has 0 heterocycles. The number of thioether (sulfide) groups is 1. The smallest absolute Gasteiger partial charge is 0.0395 e. The Kier molecular flexibility index (Phi) is 4.14. The van der Waals surface area contributed by atoms with Crippen LogP contribution in [0.4, 0.5) is 0 Å². The summed E-state index contributed by atoms with van der Waals surface area (Å²) >= 11 is 7.87. The maximum atomic E-state index is 6.08. The van der Waals surface area contributed by atoms with Gasteiger partial charge in [-0.1, -0.05) is 22.7 Å². The molecule has 0 saturated heterocycles. The van der Waals surface area contributed by atoms with Crippen molar-refractivity contribution in [2.75, 3.05) is 6.26 Å². The molecule has 0 bridgehead atoms. The van der Waals surface area contributed by atoms with Gasteiger partial charge in [0.05, 0.1) is 0 Å². The highest BCUT2D eigenvalue weighted by atomic mass is 35.5. The van der Waals surface area contributed by atoms with Crippen LogP contribution in [0.15, 0.2) is 33.2 Å². The van der Waals surface area contributed by atoms with Gasteiger partial charge in [0.25, 0.3) is 0 Å². The van der Waals surface area contributed by atoms with Gasteiger partial charge >= 0.3 is 0 Å². The van der Waals surface area contributed by atoms with Crippen molar-refractivity contribution in [3.8, 4) is 0 Å². The molecule has 1 aliphatic rings. The van der Waals surface area contributed by atoms with Crippen LogP contribution in [0.5, 0.6) is 0 Å². The van der Waals surface area contributed by atoms with Crippen LogP contribution in [0.3, 0.4) is 0 Å². The van der Waals surface area contributed by atoms with Crippen LogP contribution in [0.2, 0.25) is 0 Å². The Morgan fingerprint density at radius 3 is 2.38 bits per heavy atom. The SMILES string of the molecule is CSC1=C(C)CCC(C)=C(Cl)C=C1. The Morgan fingerprint density at radius 2 is 1.77 bits per heavy atom. The van der Waals surface area contributed by atoms with E-state index in [2.05, 4.69) is 26.2 Å². The molecule has 1 aliphatic carbocycles. The van der Waals surface area contributed by atoms with E-state index in [4.69, 9.17) is 11.6 Å². The van der Waals surface area contributed by atoms with E-state index in [1.54, 1.807) is 11.8 Å². The largest absolute Gasteiger partial charge is 0.130 e. The van der Waals surface area contributed by atoms with E-state index in [-0.39, 0.29) is 0 Å². The third-order valence-electron chi connectivity index (χ3n) is 2.30. The van der Waals surface area contributed by atoms with E-state index in [9.17, 15) is 0 Å². The van der Waals surface area contributed by atoms with Crippen molar-refractivity contribution >= 4 is 23.4 Å². The molecule has 0 saturated carbocycles. The molecule has 13 heavy (non-hydrogen) atoms. The van der Waals surface area contributed by atoms with Gasteiger partial charge in [0.1, 0.15) is 0 Å². The quantitative estimate of drug-likeness (QED) is 0.620. The van der Waals surface area contributed by atoms with Gasteiger partial charge < -0.3 is 0 Å². The van der Waals surface area contributed by atoms with E-state index >= 15 is 0 Å². The van der Waals surface area contributed by atoms with E-state index in [0.717, 1.165) is 17.9 Å². The summed E-state index contributed by atoms with van der Waals surface area (Å²) in [6.07, 6.45) is 8.44. The molecule has 0 unspecified atom stereocenters. The predicted molar refractivity (Wildman–Crippen MR) is 63.1 cm³/mol. The van der Waals surface area contributed by atoms with Gasteiger partial charge in [0, 0.05) is 9.94 Å². The maximum Gasteiger partial charge on any atom is 0.0395 e. The topological polar surface area (TPSA) is 0 Å². The maximum absolute atomic E-state index is 6.08. The molecule has 0 aliphatic heterocycles. The molecule has 0 aromatic heterocycles. The average Bonchev–Trinajstić information content (AvgIpc) is 2.13. The third-order valence-corrected chi connectivity index (χ3v) is 3.68. The fraction of sp³-hybridized carbons (Fsp3) is 0.455. The van der Waals surface area contributed by atoms with Gasteiger partial charge in [-0.05, 0) is 45.1 Å². The van der Waals surface area contributed by atoms with E-state index in [1.807, 2.05) is 6.08 Å². The first kappa shape index (κ1) is 10.9. The van der Waals surface area contributed by atoms with Crippen molar-refractivity contribution in [3.63, 3.8) is 0 Å². The zero-order chi connectivity index (χ0) is 9.84. The number of allylic oxidation sites excluding steroid dienone is 5. The lowest BCUT2D eigenvalue weighted by atomic mass is 10.0. The Hall–Kier alpha value is -0.140. The molecule has 72 valence electrons. The van der Waals surface area contributed by atoms with Gasteiger partial charge in [-0.2, -0.15) is 0 Å². The van der Waals surface area contributed by atoms with Gasteiger partial charge in [-0.3, -0.25) is 0 Å². The summed E-state index contributed by atoms with van der Waals surface area (Å²) in [5.41, 5.74) is 2.75. The summed E-state index contributed by atoms with van der Waals surface area (Å²) < 4.78 is 0. The molecule has 0 aromatic carbocycles. The fourth-order valence-corrected chi connectivity index (χ4v) is 2.11. The summed E-state index contributed by atoms with van der Waals surface area (Å²) in [5.74, 6) is 0. The van der Waals surface area contributed by atoms with Crippen LogP contribution in [0.25, 0.3) is 0 Å². The molecule has 1 rings (SSSR count). The summed E-state index contributed by atoms with van der Waals surface area (Å²) in [7, 11) is 0. The van der Waals surface area contributed by atoms with E-state index in [1.165, 1.54) is 16.1 Å². The first-order valence-electron chi connectivity index (χ1n) is 4.42. The highest BCUT2D eigenvalue weighted by Crippen LogP contribution is 2.28. The standard InChI is InChI=1S/C11H15ClS/c1-8-4-5-9(2)11(13-3)7-6-10(8)12/h6-7H,4-5H2,1-3H3. The number of hydrogen-bond acceptors (Lipinski definition) is 1. The molecule has 0 spiro atoms. The molecule has 0 amide bonds. The van der Waals surface area contributed by atoms with Crippen LogP contribution in [-0.4, -0.2) is 6.26 Å². The summed E-state index contributed by atoms with van der Waals surface area (Å²) in [6, 6.07) is 0. The van der Waals surface area contributed by atoms with Gasteiger partial charge in [-0.25, -0.2) is 0 Å². The van der Waals surface area contributed by atoms with Crippen molar-refractivity contribution in [1.82, 2.24) is 0 Å². The first-order chi connectivity index (χ1) is 6.15. The van der Waals surface area contributed by atoms with Crippen molar-refractivity contribution in [2.45, 2.75) is 26.7 Å². The zero-order valence-electron chi connectivity index (χ0n) is 8.36. The molecule has 0 nitrogen and oxygen atoms in total. The lowest BCUT2D eigenvalue weighted by molar-refractivity contribution is 0.916. The Morgan fingerprint density at radius 1 is 1.15 bits per heavy atom. The lowest BCUT2D eigenvalue weighted by Gasteiger charge is -2.10. The van der Waals surface area contributed by atoms with Crippen molar-refractivity contribution < 1.29 is 0 Å².